The lowest BCUT2D eigenvalue weighted by Crippen LogP contribution is -2.38. The van der Waals surface area contributed by atoms with Crippen LogP contribution in [0.3, 0.4) is 0 Å². The molecular formula is C18H20N6O2. The smallest absolute Gasteiger partial charge is 0.272 e. The van der Waals surface area contributed by atoms with Gasteiger partial charge in [-0.15, -0.1) is 0 Å². The summed E-state index contributed by atoms with van der Waals surface area (Å²) in [5.74, 6) is -0.298. The molecule has 1 saturated heterocycles. The molecule has 0 aliphatic carbocycles. The van der Waals surface area contributed by atoms with E-state index < -0.39 is 5.91 Å². The summed E-state index contributed by atoms with van der Waals surface area (Å²) < 4.78 is 1.85. The third kappa shape index (κ3) is 2.73. The summed E-state index contributed by atoms with van der Waals surface area (Å²) in [7, 11) is 0. The van der Waals surface area contributed by atoms with Gasteiger partial charge in [-0.25, -0.2) is 4.98 Å². The summed E-state index contributed by atoms with van der Waals surface area (Å²) >= 11 is 0. The van der Waals surface area contributed by atoms with Gasteiger partial charge in [0.25, 0.3) is 11.8 Å². The SMILES string of the molecule is Cc1nc2ccccn2c1C(=O)N1CCC(c2cc(C(N)=O)n[nH]2)CC1. The van der Waals surface area contributed by atoms with Gasteiger partial charge in [-0.1, -0.05) is 6.07 Å². The molecule has 3 N–H and O–H groups in total. The number of nitrogens with zero attached hydrogens (tertiary/aromatic N) is 4. The minimum Gasteiger partial charge on any atom is -0.364 e. The van der Waals surface area contributed by atoms with Gasteiger partial charge in [0.2, 0.25) is 0 Å². The van der Waals surface area contributed by atoms with Gasteiger partial charge in [-0.05, 0) is 38.0 Å². The molecule has 8 nitrogen and oxygen atoms in total. The molecule has 1 aliphatic rings. The van der Waals surface area contributed by atoms with E-state index in [0.29, 0.717) is 18.8 Å². The molecule has 3 aromatic heterocycles. The largest absolute Gasteiger partial charge is 0.364 e. The van der Waals surface area contributed by atoms with Crippen LogP contribution in [0.1, 0.15) is 51.1 Å². The normalized spacial score (nSPS) is 15.5. The molecule has 26 heavy (non-hydrogen) atoms. The van der Waals surface area contributed by atoms with E-state index in [-0.39, 0.29) is 17.5 Å². The maximum absolute atomic E-state index is 13.0. The molecule has 0 atom stereocenters. The Bertz CT molecular complexity index is 981. The Hall–Kier alpha value is -3.16. The van der Waals surface area contributed by atoms with Crippen molar-refractivity contribution in [3.05, 3.63) is 53.2 Å². The van der Waals surface area contributed by atoms with Crippen LogP contribution in [0.5, 0.6) is 0 Å². The predicted molar refractivity (Wildman–Crippen MR) is 94.9 cm³/mol. The van der Waals surface area contributed by atoms with Gasteiger partial charge < -0.3 is 10.6 Å². The summed E-state index contributed by atoms with van der Waals surface area (Å²) in [4.78, 5) is 30.5. The number of carbonyl (C=O) groups is 2. The van der Waals surface area contributed by atoms with Crippen molar-refractivity contribution >= 4 is 17.5 Å². The number of aromatic amines is 1. The number of nitrogens with one attached hydrogen (secondary N) is 1. The molecule has 0 bridgehead atoms. The number of fused-ring (bicyclic) bond motifs is 1. The predicted octanol–water partition coefficient (Wildman–Crippen LogP) is 1.48. The van der Waals surface area contributed by atoms with Crippen molar-refractivity contribution < 1.29 is 9.59 Å². The molecule has 0 spiro atoms. The minimum atomic E-state index is -0.539. The topological polar surface area (TPSA) is 109 Å². The fourth-order valence-corrected chi connectivity index (χ4v) is 3.59. The third-order valence-electron chi connectivity index (χ3n) is 4.98. The molecule has 4 heterocycles. The van der Waals surface area contributed by atoms with Crippen LogP contribution in [0.15, 0.2) is 30.5 Å². The highest BCUT2D eigenvalue weighted by Crippen LogP contribution is 2.28. The van der Waals surface area contributed by atoms with Crippen molar-refractivity contribution in [3.8, 4) is 0 Å². The summed E-state index contributed by atoms with van der Waals surface area (Å²) in [6, 6.07) is 7.40. The zero-order chi connectivity index (χ0) is 18.3. The highest BCUT2D eigenvalue weighted by atomic mass is 16.2. The van der Waals surface area contributed by atoms with E-state index in [9.17, 15) is 9.59 Å². The second-order valence-electron chi connectivity index (χ2n) is 6.61. The number of piperidine rings is 1. The van der Waals surface area contributed by atoms with Gasteiger partial charge in [-0.3, -0.25) is 19.1 Å². The van der Waals surface area contributed by atoms with Crippen LogP contribution >= 0.6 is 0 Å². The molecule has 0 saturated carbocycles. The van der Waals surface area contributed by atoms with Gasteiger partial charge in [0.1, 0.15) is 17.0 Å². The molecule has 3 aromatic rings. The first-order chi connectivity index (χ1) is 12.5. The lowest BCUT2D eigenvalue weighted by molar-refractivity contribution is 0.0704. The van der Waals surface area contributed by atoms with Crippen LogP contribution in [0.4, 0.5) is 0 Å². The summed E-state index contributed by atoms with van der Waals surface area (Å²) in [6.45, 7) is 3.16. The Labute approximate surface area is 150 Å². The lowest BCUT2D eigenvalue weighted by Gasteiger charge is -2.31. The molecule has 0 radical (unpaired) electrons. The number of pyridine rings is 1. The second kappa shape index (κ2) is 6.29. The number of amides is 2. The van der Waals surface area contributed by atoms with Crippen LogP contribution in [0.25, 0.3) is 5.65 Å². The van der Waals surface area contributed by atoms with Gasteiger partial charge >= 0.3 is 0 Å². The van der Waals surface area contributed by atoms with Crippen molar-refractivity contribution in [2.75, 3.05) is 13.1 Å². The average Bonchev–Trinajstić information content (AvgIpc) is 3.25. The van der Waals surface area contributed by atoms with Crippen LogP contribution in [0.2, 0.25) is 0 Å². The standard InChI is InChI=1S/C18H20N6O2/c1-11-16(24-7-3-2-4-15(24)20-11)18(26)23-8-5-12(6-9-23)13-10-14(17(19)25)22-21-13/h2-4,7,10,12H,5-6,8-9H2,1H3,(H2,19,25)(H,21,22). The Balaban J connectivity index is 1.49. The number of likely N-dealkylation sites (tertiary alicyclic amines) is 1. The number of hydrogen-bond acceptors (Lipinski definition) is 4. The molecule has 0 unspecified atom stereocenters. The number of carbonyl (C=O) groups excluding carboxylic acids is 2. The first-order valence-electron chi connectivity index (χ1n) is 8.62. The van der Waals surface area contributed by atoms with Gasteiger partial charge in [0, 0.05) is 30.9 Å². The number of rotatable bonds is 3. The molecule has 8 heteroatoms. The molecule has 1 aliphatic heterocycles. The first-order valence-corrected chi connectivity index (χ1v) is 8.62. The van der Waals surface area contributed by atoms with Gasteiger partial charge in [0.05, 0.1) is 5.69 Å². The maximum Gasteiger partial charge on any atom is 0.272 e. The Kier molecular flexibility index (Phi) is 3.95. The van der Waals surface area contributed by atoms with Crippen LogP contribution in [-0.2, 0) is 0 Å². The van der Waals surface area contributed by atoms with E-state index in [1.807, 2.05) is 40.6 Å². The van der Waals surface area contributed by atoms with E-state index in [4.69, 9.17) is 5.73 Å². The fourth-order valence-electron chi connectivity index (χ4n) is 3.59. The number of H-pyrrole nitrogens is 1. The molecule has 1 fully saturated rings. The van der Waals surface area contributed by atoms with Crippen LogP contribution in [0, 0.1) is 6.92 Å². The first kappa shape index (κ1) is 16.3. The molecule has 2 amide bonds. The highest BCUT2D eigenvalue weighted by molar-refractivity contribution is 5.94. The fraction of sp³-hybridized carbons (Fsp3) is 0.333. The van der Waals surface area contributed by atoms with Crippen molar-refractivity contribution in [2.45, 2.75) is 25.7 Å². The monoisotopic (exact) mass is 352 g/mol. The van der Waals surface area contributed by atoms with E-state index >= 15 is 0 Å². The third-order valence-corrected chi connectivity index (χ3v) is 4.98. The van der Waals surface area contributed by atoms with E-state index in [1.54, 1.807) is 6.07 Å². The number of aromatic nitrogens is 4. The van der Waals surface area contributed by atoms with Gasteiger partial charge in [0.15, 0.2) is 0 Å². The molecule has 134 valence electrons. The zero-order valence-electron chi connectivity index (χ0n) is 14.5. The second-order valence-corrected chi connectivity index (χ2v) is 6.61. The average molecular weight is 352 g/mol. The Morgan fingerprint density at radius 2 is 2.04 bits per heavy atom. The van der Waals surface area contributed by atoms with Crippen LogP contribution < -0.4 is 5.73 Å². The van der Waals surface area contributed by atoms with Crippen molar-refractivity contribution in [1.29, 1.82) is 0 Å². The summed E-state index contributed by atoms with van der Waals surface area (Å²) in [5, 5.41) is 6.83. The van der Waals surface area contributed by atoms with Gasteiger partial charge in [-0.2, -0.15) is 5.10 Å². The maximum atomic E-state index is 13.0. The summed E-state index contributed by atoms with van der Waals surface area (Å²) in [6.07, 6.45) is 3.48. The number of nitrogens with two attached hydrogens (primary N) is 1. The molecule has 4 rings (SSSR count). The number of imidazole rings is 1. The van der Waals surface area contributed by atoms with Crippen LogP contribution in [-0.4, -0.2) is 49.4 Å². The summed E-state index contributed by atoms with van der Waals surface area (Å²) in [5.41, 5.74) is 8.54. The zero-order valence-corrected chi connectivity index (χ0v) is 14.5. The lowest BCUT2D eigenvalue weighted by atomic mass is 9.93. The quantitative estimate of drug-likeness (QED) is 0.744. The number of aryl methyl sites for hydroxylation is 1. The molecular weight excluding hydrogens is 332 g/mol. The Morgan fingerprint density at radius 1 is 1.27 bits per heavy atom. The van der Waals surface area contributed by atoms with E-state index in [2.05, 4.69) is 15.2 Å². The highest BCUT2D eigenvalue weighted by Gasteiger charge is 2.28. The number of hydrogen-bond donors (Lipinski definition) is 2. The van der Waals surface area contributed by atoms with E-state index in [0.717, 1.165) is 29.9 Å². The van der Waals surface area contributed by atoms with Crippen molar-refractivity contribution in [1.82, 2.24) is 24.5 Å². The number of primary amides is 1. The Morgan fingerprint density at radius 3 is 2.73 bits per heavy atom. The van der Waals surface area contributed by atoms with Crippen molar-refractivity contribution in [3.63, 3.8) is 0 Å². The minimum absolute atomic E-state index is 0.00193. The van der Waals surface area contributed by atoms with E-state index in [1.165, 1.54) is 0 Å². The molecule has 0 aromatic carbocycles. The van der Waals surface area contributed by atoms with Crippen molar-refractivity contribution in [2.24, 2.45) is 5.73 Å².